The molecule has 2 aliphatic carbocycles. The summed E-state index contributed by atoms with van der Waals surface area (Å²) in [5.41, 5.74) is -0.149. The zero-order valence-electron chi connectivity index (χ0n) is 27.9. The summed E-state index contributed by atoms with van der Waals surface area (Å²) in [6, 6.07) is 6.54. The quantitative estimate of drug-likeness (QED) is 0.206. The van der Waals surface area contributed by atoms with E-state index >= 15 is 8.78 Å². The van der Waals surface area contributed by atoms with Crippen LogP contribution < -0.4 is 9.64 Å². The maximum Gasteiger partial charge on any atom is 0.319 e. The fraction of sp³-hybridized carbons (Fsp3) is 0.553. The molecule has 2 aromatic heterocycles. The highest BCUT2D eigenvalue weighted by atomic mass is 19.1. The normalized spacial score (nSPS) is 26.4. The van der Waals surface area contributed by atoms with Crippen LogP contribution in [0.1, 0.15) is 77.2 Å². The zero-order chi connectivity index (χ0) is 33.2. The number of hydrogen-bond acceptors (Lipinski definition) is 8. The monoisotopic (exact) mass is 657 g/mol. The maximum atomic E-state index is 17.0. The number of fused-ring (bicyclic) bond motifs is 3. The lowest BCUT2D eigenvalue weighted by Gasteiger charge is -2.46. The van der Waals surface area contributed by atoms with Gasteiger partial charge < -0.3 is 19.8 Å². The van der Waals surface area contributed by atoms with Crippen molar-refractivity contribution in [2.75, 3.05) is 37.7 Å². The van der Waals surface area contributed by atoms with Crippen LogP contribution in [0.15, 0.2) is 30.5 Å². The minimum absolute atomic E-state index is 0.0173. The molecule has 2 aliphatic heterocycles. The molecule has 2 N–H and O–H groups in total. The number of phenolic OH excluding ortho intramolecular Hbond substituents is 1. The lowest BCUT2D eigenvalue weighted by atomic mass is 9.75. The van der Waals surface area contributed by atoms with Gasteiger partial charge in [0.1, 0.15) is 28.6 Å². The van der Waals surface area contributed by atoms with Crippen LogP contribution in [-0.4, -0.2) is 74.5 Å². The van der Waals surface area contributed by atoms with Gasteiger partial charge in [-0.3, -0.25) is 9.88 Å². The molecule has 254 valence electrons. The predicted molar refractivity (Wildman–Crippen MR) is 182 cm³/mol. The smallest absolute Gasteiger partial charge is 0.319 e. The highest BCUT2D eigenvalue weighted by molar-refractivity contribution is 6.01. The van der Waals surface area contributed by atoms with E-state index in [1.165, 1.54) is 44.4 Å². The van der Waals surface area contributed by atoms with Crippen LogP contribution in [0.3, 0.4) is 0 Å². The largest absolute Gasteiger partial charge is 0.508 e. The first-order valence-electron chi connectivity index (χ1n) is 17.8. The van der Waals surface area contributed by atoms with Crippen LogP contribution >= 0.6 is 0 Å². The average molecular weight is 658 g/mol. The number of likely N-dealkylation sites (tertiary alicyclic amines) is 1. The molecule has 4 heterocycles. The van der Waals surface area contributed by atoms with E-state index in [1.54, 1.807) is 18.3 Å². The van der Waals surface area contributed by atoms with E-state index < -0.39 is 17.2 Å². The Morgan fingerprint density at radius 1 is 1.02 bits per heavy atom. The van der Waals surface area contributed by atoms with Crippen molar-refractivity contribution in [1.29, 1.82) is 0 Å². The first-order chi connectivity index (χ1) is 23.1. The molecular weight excluding hydrogens is 612 g/mol. The summed E-state index contributed by atoms with van der Waals surface area (Å²) in [6.45, 7) is 7.42. The van der Waals surface area contributed by atoms with Gasteiger partial charge in [-0.05, 0) is 112 Å². The Morgan fingerprint density at radius 2 is 1.83 bits per heavy atom. The number of anilines is 1. The average Bonchev–Trinajstić information content (AvgIpc) is 3.78. The maximum absolute atomic E-state index is 17.0. The number of rotatable bonds is 8. The van der Waals surface area contributed by atoms with E-state index in [2.05, 4.69) is 9.88 Å². The van der Waals surface area contributed by atoms with Gasteiger partial charge in [-0.2, -0.15) is 9.97 Å². The van der Waals surface area contributed by atoms with Gasteiger partial charge in [0.2, 0.25) is 0 Å². The fourth-order valence-corrected chi connectivity index (χ4v) is 9.02. The van der Waals surface area contributed by atoms with Gasteiger partial charge in [0.25, 0.3) is 0 Å². The molecule has 4 fully saturated rings. The summed E-state index contributed by atoms with van der Waals surface area (Å²) in [5.74, 6) is 0.166. The van der Waals surface area contributed by atoms with E-state index in [0.717, 1.165) is 38.1 Å². The number of β-amino-alcohol motifs (C(OH)–C–C–N with tert-alkyl or cyclic N) is 1. The topological polar surface area (TPSA) is 94.8 Å². The number of nitrogens with zero attached hydrogens (tertiary/aromatic N) is 5. The lowest BCUT2D eigenvalue weighted by molar-refractivity contribution is -0.00244. The Morgan fingerprint density at radius 3 is 2.62 bits per heavy atom. The number of piperidine rings is 2. The zero-order valence-corrected chi connectivity index (χ0v) is 27.9. The lowest BCUT2D eigenvalue weighted by Crippen LogP contribution is -2.52. The summed E-state index contributed by atoms with van der Waals surface area (Å²) in [6.07, 6.45) is 11.7. The third kappa shape index (κ3) is 5.64. The number of phenols is 1. The Labute approximate surface area is 280 Å². The second-order valence-electron chi connectivity index (χ2n) is 15.1. The summed E-state index contributed by atoms with van der Waals surface area (Å²) < 4.78 is 38.5. The van der Waals surface area contributed by atoms with Gasteiger partial charge in [-0.1, -0.05) is 19.4 Å². The highest BCUT2D eigenvalue weighted by Gasteiger charge is 2.49. The Balaban J connectivity index is 1.23. The molecule has 0 bridgehead atoms. The SMILES string of the molecule is CCc1c(F)ccc2cc(O)cc(-c3ncc4c(N5CCCC(C)(O)C5)nc(OCC56CCCC5N(CC5CC5)CCC6)nc4c3F)c12. The molecule has 0 spiro atoms. The molecule has 2 saturated heterocycles. The van der Waals surface area contributed by atoms with Gasteiger partial charge in [-0.15, -0.1) is 0 Å². The molecule has 8 nitrogen and oxygen atoms in total. The van der Waals surface area contributed by atoms with Gasteiger partial charge in [-0.25, -0.2) is 8.78 Å². The molecule has 8 rings (SSSR count). The minimum Gasteiger partial charge on any atom is -0.508 e. The number of hydrogen-bond donors (Lipinski definition) is 2. The summed E-state index contributed by atoms with van der Waals surface area (Å²) >= 11 is 0. The van der Waals surface area contributed by atoms with Crippen LogP contribution in [0.4, 0.5) is 14.6 Å². The summed E-state index contributed by atoms with van der Waals surface area (Å²) in [4.78, 5) is 18.8. The first kappa shape index (κ1) is 31.6. The number of benzene rings is 2. The molecule has 10 heteroatoms. The van der Waals surface area contributed by atoms with E-state index in [0.29, 0.717) is 71.7 Å². The molecule has 4 aromatic rings. The van der Waals surface area contributed by atoms with Gasteiger partial charge in [0, 0.05) is 42.9 Å². The number of aromatic nitrogens is 3. The van der Waals surface area contributed by atoms with Crippen molar-refractivity contribution in [2.24, 2.45) is 11.3 Å². The summed E-state index contributed by atoms with van der Waals surface area (Å²) in [7, 11) is 0. The number of aryl methyl sites for hydroxylation is 1. The van der Waals surface area contributed by atoms with E-state index in [1.807, 2.05) is 18.7 Å². The molecule has 2 aromatic carbocycles. The second-order valence-corrected chi connectivity index (χ2v) is 15.1. The molecular formula is C38H45F2N5O3. The Hall–Kier alpha value is -3.63. The summed E-state index contributed by atoms with van der Waals surface area (Å²) in [5, 5.41) is 23.2. The number of halogens is 2. The molecule has 2 saturated carbocycles. The minimum atomic E-state index is -0.924. The van der Waals surface area contributed by atoms with Crippen molar-refractivity contribution in [2.45, 2.75) is 89.7 Å². The van der Waals surface area contributed by atoms with Crippen LogP contribution in [0, 0.1) is 23.0 Å². The molecule has 48 heavy (non-hydrogen) atoms. The molecule has 3 unspecified atom stereocenters. The molecule has 0 amide bonds. The van der Waals surface area contributed by atoms with Crippen LogP contribution in [0.2, 0.25) is 0 Å². The molecule has 0 radical (unpaired) electrons. The van der Waals surface area contributed by atoms with Crippen molar-refractivity contribution < 1.29 is 23.7 Å². The van der Waals surface area contributed by atoms with Gasteiger partial charge in [0.15, 0.2) is 5.82 Å². The predicted octanol–water partition coefficient (Wildman–Crippen LogP) is 7.17. The Kier molecular flexibility index (Phi) is 7.94. The standard InChI is InChI=1S/C38H45F2N5O3/c1-3-26-29(39)11-10-24-17-25(46)18-27(31(24)26)33-32(40)34-28(19-41-33)35(45-16-5-12-37(2,47)21-45)43-36(42-34)48-22-38-13-4-7-30(38)44(15-6-14-38)20-23-8-9-23/h10-11,17-19,23,30,46-47H,3-9,12-16,20-22H2,1-2H3. The van der Waals surface area contributed by atoms with Crippen LogP contribution in [0.5, 0.6) is 11.8 Å². The van der Waals surface area contributed by atoms with Crippen molar-refractivity contribution in [1.82, 2.24) is 19.9 Å². The van der Waals surface area contributed by atoms with Crippen molar-refractivity contribution in [3.05, 3.63) is 47.7 Å². The number of ether oxygens (including phenoxy) is 1. The van der Waals surface area contributed by atoms with E-state index in [4.69, 9.17) is 14.7 Å². The Bertz CT molecular complexity index is 1880. The number of aromatic hydroxyl groups is 1. The van der Waals surface area contributed by atoms with Gasteiger partial charge in [0.05, 0.1) is 17.6 Å². The third-order valence-corrected chi connectivity index (χ3v) is 11.5. The first-order valence-corrected chi connectivity index (χ1v) is 17.8. The van der Waals surface area contributed by atoms with Crippen molar-refractivity contribution in [3.8, 4) is 23.0 Å². The highest BCUT2D eigenvalue weighted by Crippen LogP contribution is 2.49. The van der Waals surface area contributed by atoms with Crippen LogP contribution in [-0.2, 0) is 6.42 Å². The molecule has 4 aliphatic rings. The number of aliphatic hydroxyl groups is 1. The van der Waals surface area contributed by atoms with E-state index in [-0.39, 0.29) is 28.4 Å². The van der Waals surface area contributed by atoms with Crippen molar-refractivity contribution >= 4 is 27.5 Å². The third-order valence-electron chi connectivity index (χ3n) is 11.5. The van der Waals surface area contributed by atoms with Crippen molar-refractivity contribution in [3.63, 3.8) is 0 Å². The number of pyridine rings is 1. The second kappa shape index (κ2) is 12.1. The van der Waals surface area contributed by atoms with Gasteiger partial charge >= 0.3 is 6.01 Å². The van der Waals surface area contributed by atoms with E-state index in [9.17, 15) is 10.2 Å². The fourth-order valence-electron chi connectivity index (χ4n) is 9.02. The van der Waals surface area contributed by atoms with Crippen LogP contribution in [0.25, 0.3) is 32.9 Å². The molecule has 3 atom stereocenters.